The topological polar surface area (TPSA) is 26.0 Å². The lowest BCUT2D eigenvalue weighted by atomic mass is 10.2. The van der Waals surface area contributed by atoms with Crippen molar-refractivity contribution in [1.82, 2.24) is 0 Å². The minimum Gasteiger partial charge on any atom is -0.395 e. The predicted molar refractivity (Wildman–Crippen MR) is 51.1 cm³/mol. The van der Waals surface area contributed by atoms with E-state index in [9.17, 15) is 4.39 Å². The van der Waals surface area contributed by atoms with Gasteiger partial charge in [0.1, 0.15) is 0 Å². The lowest BCUT2D eigenvalue weighted by molar-refractivity contribution is 0.625. The van der Waals surface area contributed by atoms with Crippen molar-refractivity contribution in [3.8, 4) is 11.8 Å². The molecule has 0 fully saturated rings. The third kappa shape index (κ3) is 1.59. The largest absolute Gasteiger partial charge is 0.395 e. The molecule has 0 aliphatic rings. The highest BCUT2D eigenvalue weighted by atomic mass is 79.9. The van der Waals surface area contributed by atoms with Gasteiger partial charge in [0, 0.05) is 0 Å². The van der Waals surface area contributed by atoms with E-state index in [2.05, 4.69) is 27.8 Å². The van der Waals surface area contributed by atoms with Crippen LogP contribution in [0.2, 0.25) is 0 Å². The van der Waals surface area contributed by atoms with E-state index in [0.29, 0.717) is 10.0 Å². The van der Waals surface area contributed by atoms with Crippen LogP contribution in [0.5, 0.6) is 0 Å². The van der Waals surface area contributed by atoms with E-state index in [-0.39, 0.29) is 5.69 Å². The monoisotopic (exact) mass is 227 g/mol. The third-order valence-electron chi connectivity index (χ3n) is 1.39. The Kier molecular flexibility index (Phi) is 2.72. The molecule has 0 saturated heterocycles. The molecule has 0 unspecified atom stereocenters. The molecule has 0 aliphatic heterocycles. The maximum absolute atomic E-state index is 13.1. The second kappa shape index (κ2) is 3.59. The molecule has 2 N–H and O–H groups in total. The van der Waals surface area contributed by atoms with Gasteiger partial charge in [-0.1, -0.05) is 5.92 Å². The number of nitrogens with two attached hydrogens (primary N) is 1. The van der Waals surface area contributed by atoms with Crippen LogP contribution in [0.15, 0.2) is 16.6 Å². The van der Waals surface area contributed by atoms with Crippen LogP contribution in [0, 0.1) is 17.7 Å². The maximum atomic E-state index is 13.1. The molecule has 0 atom stereocenters. The van der Waals surface area contributed by atoms with E-state index in [1.807, 2.05) is 0 Å². The molecule has 0 spiro atoms. The average molecular weight is 228 g/mol. The van der Waals surface area contributed by atoms with Crippen molar-refractivity contribution in [2.24, 2.45) is 0 Å². The first-order chi connectivity index (χ1) is 5.66. The number of anilines is 1. The van der Waals surface area contributed by atoms with Crippen LogP contribution in [-0.4, -0.2) is 0 Å². The molecule has 62 valence electrons. The van der Waals surface area contributed by atoms with Gasteiger partial charge in [0.25, 0.3) is 0 Å². The summed E-state index contributed by atoms with van der Waals surface area (Å²) in [6.45, 7) is 1.68. The SMILES string of the molecule is CC#Cc1ccc(Br)c(F)c1N. The molecule has 0 saturated carbocycles. The lowest BCUT2D eigenvalue weighted by Gasteiger charge is -2.00. The van der Waals surface area contributed by atoms with Crippen molar-refractivity contribution in [1.29, 1.82) is 0 Å². The molecule has 0 radical (unpaired) electrons. The van der Waals surface area contributed by atoms with Gasteiger partial charge in [-0.25, -0.2) is 4.39 Å². The summed E-state index contributed by atoms with van der Waals surface area (Å²) in [6.07, 6.45) is 0. The molecule has 3 heteroatoms. The van der Waals surface area contributed by atoms with Crippen LogP contribution in [-0.2, 0) is 0 Å². The smallest absolute Gasteiger partial charge is 0.161 e. The predicted octanol–water partition coefficient (Wildman–Crippen LogP) is 2.54. The Morgan fingerprint density at radius 1 is 1.50 bits per heavy atom. The quantitative estimate of drug-likeness (QED) is 0.535. The standard InChI is InChI=1S/C9H7BrFN/c1-2-3-6-4-5-7(10)8(11)9(6)12/h4-5H,12H2,1H3. The van der Waals surface area contributed by atoms with Gasteiger partial charge in [0.15, 0.2) is 5.82 Å². The second-order valence-corrected chi connectivity index (χ2v) is 3.05. The van der Waals surface area contributed by atoms with Gasteiger partial charge < -0.3 is 5.73 Å². The number of halogens is 2. The number of nitrogen functional groups attached to an aromatic ring is 1. The van der Waals surface area contributed by atoms with Gasteiger partial charge in [0.2, 0.25) is 0 Å². The van der Waals surface area contributed by atoms with E-state index < -0.39 is 5.82 Å². The van der Waals surface area contributed by atoms with Crippen molar-refractivity contribution in [2.75, 3.05) is 5.73 Å². The van der Waals surface area contributed by atoms with Gasteiger partial charge in [-0.3, -0.25) is 0 Å². The highest BCUT2D eigenvalue weighted by molar-refractivity contribution is 9.10. The molecular weight excluding hydrogens is 221 g/mol. The van der Waals surface area contributed by atoms with Crippen molar-refractivity contribution in [3.63, 3.8) is 0 Å². The molecular formula is C9H7BrFN. The zero-order valence-corrected chi connectivity index (χ0v) is 8.07. The third-order valence-corrected chi connectivity index (χ3v) is 2.00. The highest BCUT2D eigenvalue weighted by Crippen LogP contribution is 2.23. The normalized spacial score (nSPS) is 8.92. The Morgan fingerprint density at radius 3 is 2.75 bits per heavy atom. The van der Waals surface area contributed by atoms with E-state index >= 15 is 0 Å². The lowest BCUT2D eigenvalue weighted by Crippen LogP contribution is -1.95. The van der Waals surface area contributed by atoms with Crippen LogP contribution in [0.4, 0.5) is 10.1 Å². The van der Waals surface area contributed by atoms with Crippen LogP contribution >= 0.6 is 15.9 Å². The zero-order valence-electron chi connectivity index (χ0n) is 6.49. The zero-order chi connectivity index (χ0) is 9.14. The van der Waals surface area contributed by atoms with Gasteiger partial charge in [-0.15, -0.1) is 5.92 Å². The summed E-state index contributed by atoms with van der Waals surface area (Å²) >= 11 is 3.03. The van der Waals surface area contributed by atoms with E-state index in [0.717, 1.165) is 0 Å². The Bertz CT molecular complexity index is 363. The molecule has 0 amide bonds. The molecule has 1 aromatic rings. The summed E-state index contributed by atoms with van der Waals surface area (Å²) in [5.41, 5.74) is 6.08. The first-order valence-corrected chi connectivity index (χ1v) is 4.12. The average Bonchev–Trinajstić information content (AvgIpc) is 2.07. The van der Waals surface area contributed by atoms with E-state index in [1.165, 1.54) is 0 Å². The molecule has 0 bridgehead atoms. The number of benzene rings is 1. The first-order valence-electron chi connectivity index (χ1n) is 3.33. The molecule has 0 aliphatic carbocycles. The minimum absolute atomic E-state index is 0.0960. The number of hydrogen-bond acceptors (Lipinski definition) is 1. The number of rotatable bonds is 0. The summed E-state index contributed by atoms with van der Waals surface area (Å²) in [4.78, 5) is 0. The van der Waals surface area contributed by atoms with Gasteiger partial charge >= 0.3 is 0 Å². The molecule has 0 heterocycles. The summed E-state index contributed by atoms with van der Waals surface area (Å²) in [5.74, 6) is 4.92. The maximum Gasteiger partial charge on any atom is 0.161 e. The summed E-state index contributed by atoms with van der Waals surface area (Å²) < 4.78 is 13.4. The molecule has 1 nitrogen and oxygen atoms in total. The van der Waals surface area contributed by atoms with E-state index in [1.54, 1.807) is 19.1 Å². The van der Waals surface area contributed by atoms with Crippen LogP contribution < -0.4 is 5.73 Å². The summed E-state index contributed by atoms with van der Waals surface area (Å²) in [7, 11) is 0. The fraction of sp³-hybridized carbons (Fsp3) is 0.111. The fourth-order valence-corrected chi connectivity index (χ4v) is 1.16. The minimum atomic E-state index is -0.449. The molecule has 0 aromatic heterocycles. The van der Waals surface area contributed by atoms with Crippen LogP contribution in [0.1, 0.15) is 12.5 Å². The second-order valence-electron chi connectivity index (χ2n) is 2.20. The molecule has 1 rings (SSSR count). The van der Waals surface area contributed by atoms with Gasteiger partial charge in [-0.05, 0) is 35.0 Å². The number of hydrogen-bond donors (Lipinski definition) is 1. The van der Waals surface area contributed by atoms with Crippen molar-refractivity contribution in [3.05, 3.63) is 28.0 Å². The summed E-state index contributed by atoms with van der Waals surface area (Å²) in [5, 5.41) is 0. The van der Waals surface area contributed by atoms with Crippen LogP contribution in [0.25, 0.3) is 0 Å². The van der Waals surface area contributed by atoms with Crippen LogP contribution in [0.3, 0.4) is 0 Å². The Balaban J connectivity index is 3.33. The molecule has 12 heavy (non-hydrogen) atoms. The van der Waals surface area contributed by atoms with Gasteiger partial charge in [-0.2, -0.15) is 0 Å². The van der Waals surface area contributed by atoms with Crippen molar-refractivity contribution in [2.45, 2.75) is 6.92 Å². The van der Waals surface area contributed by atoms with E-state index in [4.69, 9.17) is 5.73 Å². The Labute approximate surface area is 78.9 Å². The van der Waals surface area contributed by atoms with Crippen molar-refractivity contribution >= 4 is 21.6 Å². The fourth-order valence-electron chi connectivity index (χ4n) is 0.810. The first kappa shape index (κ1) is 9.08. The van der Waals surface area contributed by atoms with Crippen molar-refractivity contribution < 1.29 is 4.39 Å². The molecule has 1 aromatic carbocycles. The highest BCUT2D eigenvalue weighted by Gasteiger charge is 2.06. The Hall–Kier alpha value is -1.01. The Morgan fingerprint density at radius 2 is 2.17 bits per heavy atom. The summed E-state index contributed by atoms with van der Waals surface area (Å²) in [6, 6.07) is 3.27. The van der Waals surface area contributed by atoms with Gasteiger partial charge in [0.05, 0.1) is 15.7 Å².